The van der Waals surface area contributed by atoms with Gasteiger partial charge >= 0.3 is 5.97 Å². The molecule has 0 radical (unpaired) electrons. The summed E-state index contributed by atoms with van der Waals surface area (Å²) >= 11 is 0. The Hall–Kier alpha value is -2.67. The molecule has 0 saturated carbocycles. The molecule has 0 bridgehead atoms. The van der Waals surface area contributed by atoms with Crippen LogP contribution in [0.15, 0.2) is 42.5 Å². The van der Waals surface area contributed by atoms with E-state index < -0.39 is 29.9 Å². The van der Waals surface area contributed by atoms with Crippen molar-refractivity contribution in [3.8, 4) is 0 Å². The van der Waals surface area contributed by atoms with Gasteiger partial charge in [-0.15, -0.1) is 0 Å². The van der Waals surface area contributed by atoms with Gasteiger partial charge in [0.15, 0.2) is 6.10 Å². The van der Waals surface area contributed by atoms with Gasteiger partial charge in [-0.05, 0) is 18.9 Å². The fourth-order valence-corrected chi connectivity index (χ4v) is 2.01. The maximum Gasteiger partial charge on any atom is 0.330 e. The zero-order valence-corrected chi connectivity index (χ0v) is 13.7. The molecular weight excluding hydrogens is 312 g/mol. The number of amides is 2. The van der Waals surface area contributed by atoms with Crippen molar-refractivity contribution >= 4 is 17.8 Å². The zero-order valence-electron chi connectivity index (χ0n) is 13.7. The molecule has 3 N–H and O–H groups in total. The molecular formula is C17H22N2O5. The highest BCUT2D eigenvalue weighted by atomic mass is 16.5. The molecule has 0 unspecified atom stereocenters. The Kier molecular flexibility index (Phi) is 8.21. The van der Waals surface area contributed by atoms with Crippen LogP contribution in [-0.2, 0) is 23.9 Å². The van der Waals surface area contributed by atoms with Crippen molar-refractivity contribution in [2.24, 2.45) is 5.73 Å². The molecule has 7 heteroatoms. The van der Waals surface area contributed by atoms with Crippen LogP contribution in [0.5, 0.6) is 0 Å². The van der Waals surface area contributed by atoms with Gasteiger partial charge in [-0.25, -0.2) is 4.79 Å². The normalized spacial score (nSPS) is 13.2. The second-order valence-electron chi connectivity index (χ2n) is 4.88. The Morgan fingerprint density at radius 1 is 1.25 bits per heavy atom. The van der Waals surface area contributed by atoms with Crippen molar-refractivity contribution < 1.29 is 23.9 Å². The Morgan fingerprint density at radius 3 is 2.46 bits per heavy atom. The summed E-state index contributed by atoms with van der Waals surface area (Å²) in [6.07, 6.45) is 1.84. The number of primary amides is 1. The lowest BCUT2D eigenvalue weighted by atomic mass is 10.1. The van der Waals surface area contributed by atoms with E-state index >= 15 is 0 Å². The second-order valence-corrected chi connectivity index (χ2v) is 4.88. The number of nitrogens with one attached hydrogen (secondary N) is 1. The largest absolute Gasteiger partial charge is 0.463 e. The Bertz CT molecular complexity index is 586. The maximum absolute atomic E-state index is 12.3. The van der Waals surface area contributed by atoms with Crippen LogP contribution in [0.25, 0.3) is 0 Å². The van der Waals surface area contributed by atoms with Crippen LogP contribution < -0.4 is 11.1 Å². The molecule has 1 aromatic carbocycles. The number of carbonyl (C=O) groups excluding carboxylic acids is 3. The molecule has 24 heavy (non-hydrogen) atoms. The van der Waals surface area contributed by atoms with Crippen LogP contribution in [0.1, 0.15) is 25.0 Å². The Labute approximate surface area is 140 Å². The number of ether oxygens (including phenoxy) is 2. The first-order chi connectivity index (χ1) is 11.5. The quantitative estimate of drug-likeness (QED) is 0.514. The van der Waals surface area contributed by atoms with Gasteiger partial charge in [-0.1, -0.05) is 36.4 Å². The van der Waals surface area contributed by atoms with E-state index in [0.717, 1.165) is 0 Å². The molecule has 0 spiro atoms. The van der Waals surface area contributed by atoms with Crippen LogP contribution in [0.4, 0.5) is 0 Å². The molecule has 0 fully saturated rings. The first-order valence-corrected chi connectivity index (χ1v) is 7.50. The SMILES string of the molecule is CCOC(=O)/C=C/C[C@H](NC(=O)[C@@H](OC)c1ccccc1)C(N)=O. The fourth-order valence-electron chi connectivity index (χ4n) is 2.01. The number of carbonyl (C=O) groups is 3. The van der Waals surface area contributed by atoms with E-state index in [1.807, 2.05) is 6.07 Å². The van der Waals surface area contributed by atoms with Crippen molar-refractivity contribution in [1.82, 2.24) is 5.32 Å². The Balaban J connectivity index is 2.71. The number of benzene rings is 1. The van der Waals surface area contributed by atoms with Gasteiger partial charge in [0.05, 0.1) is 6.61 Å². The average Bonchev–Trinajstić information content (AvgIpc) is 2.55. The summed E-state index contributed by atoms with van der Waals surface area (Å²) < 4.78 is 9.93. The van der Waals surface area contributed by atoms with Gasteiger partial charge < -0.3 is 20.5 Å². The summed E-state index contributed by atoms with van der Waals surface area (Å²) in [5.74, 6) is -1.72. The predicted molar refractivity (Wildman–Crippen MR) is 87.7 cm³/mol. The van der Waals surface area contributed by atoms with E-state index in [9.17, 15) is 14.4 Å². The molecule has 0 aliphatic carbocycles. The van der Waals surface area contributed by atoms with E-state index in [1.165, 1.54) is 19.3 Å². The van der Waals surface area contributed by atoms with E-state index in [-0.39, 0.29) is 13.0 Å². The third kappa shape index (κ3) is 6.21. The van der Waals surface area contributed by atoms with Gasteiger partial charge in [0.25, 0.3) is 5.91 Å². The van der Waals surface area contributed by atoms with Crippen molar-refractivity contribution in [3.05, 3.63) is 48.0 Å². The summed E-state index contributed by atoms with van der Waals surface area (Å²) in [5, 5.41) is 2.53. The number of hydrogen-bond acceptors (Lipinski definition) is 5. The third-order valence-electron chi connectivity index (χ3n) is 3.15. The third-order valence-corrected chi connectivity index (χ3v) is 3.15. The number of methoxy groups -OCH3 is 1. The zero-order chi connectivity index (χ0) is 17.9. The number of esters is 1. The van der Waals surface area contributed by atoms with E-state index in [2.05, 4.69) is 5.32 Å². The number of hydrogen-bond donors (Lipinski definition) is 2. The smallest absolute Gasteiger partial charge is 0.330 e. The van der Waals surface area contributed by atoms with Crippen molar-refractivity contribution in [3.63, 3.8) is 0 Å². The molecule has 0 aliphatic rings. The van der Waals surface area contributed by atoms with Crippen LogP contribution in [0.2, 0.25) is 0 Å². The van der Waals surface area contributed by atoms with Crippen LogP contribution >= 0.6 is 0 Å². The van der Waals surface area contributed by atoms with Gasteiger partial charge in [-0.3, -0.25) is 9.59 Å². The van der Waals surface area contributed by atoms with Crippen LogP contribution in [0.3, 0.4) is 0 Å². The lowest BCUT2D eigenvalue weighted by Gasteiger charge is -2.19. The van der Waals surface area contributed by atoms with Crippen molar-refractivity contribution in [1.29, 1.82) is 0 Å². The molecule has 0 aliphatic heterocycles. The molecule has 0 aromatic heterocycles. The standard InChI is InChI=1S/C17H22N2O5/c1-3-24-14(20)11-7-10-13(16(18)21)19-17(22)15(23-2)12-8-5-4-6-9-12/h4-9,11,13,15H,3,10H2,1-2H3,(H2,18,21)(H,19,22)/b11-7+/t13-,15-/m0/s1. The molecule has 0 saturated heterocycles. The number of nitrogens with two attached hydrogens (primary N) is 1. The summed E-state index contributed by atoms with van der Waals surface area (Å²) in [6, 6.07) is 7.91. The minimum atomic E-state index is -0.954. The second kappa shape index (κ2) is 10.2. The first-order valence-electron chi connectivity index (χ1n) is 7.50. The van der Waals surface area contributed by atoms with Crippen LogP contribution in [0, 0.1) is 0 Å². The molecule has 2 atom stereocenters. The minimum absolute atomic E-state index is 0.0745. The monoisotopic (exact) mass is 334 g/mol. The highest BCUT2D eigenvalue weighted by molar-refractivity contribution is 5.89. The van der Waals surface area contributed by atoms with E-state index in [4.69, 9.17) is 15.2 Å². The lowest BCUT2D eigenvalue weighted by Crippen LogP contribution is -2.46. The fraction of sp³-hybridized carbons (Fsp3) is 0.353. The predicted octanol–water partition coefficient (Wildman–Crippen LogP) is 0.854. The minimum Gasteiger partial charge on any atom is -0.463 e. The topological polar surface area (TPSA) is 108 Å². The van der Waals surface area contributed by atoms with Crippen LogP contribution in [-0.4, -0.2) is 37.5 Å². The van der Waals surface area contributed by atoms with Gasteiger partial charge in [0.2, 0.25) is 5.91 Å². The highest BCUT2D eigenvalue weighted by Crippen LogP contribution is 2.16. The van der Waals surface area contributed by atoms with E-state index in [1.54, 1.807) is 31.2 Å². The molecule has 130 valence electrons. The van der Waals surface area contributed by atoms with Gasteiger partial charge in [0, 0.05) is 13.2 Å². The summed E-state index contributed by atoms with van der Waals surface area (Å²) in [6.45, 7) is 1.94. The highest BCUT2D eigenvalue weighted by Gasteiger charge is 2.24. The molecule has 2 amide bonds. The molecule has 0 heterocycles. The van der Waals surface area contributed by atoms with Crippen molar-refractivity contribution in [2.75, 3.05) is 13.7 Å². The lowest BCUT2D eigenvalue weighted by molar-refractivity contribution is -0.137. The molecule has 1 aromatic rings. The summed E-state index contributed by atoms with van der Waals surface area (Å²) in [4.78, 5) is 35.1. The maximum atomic E-state index is 12.3. The molecule has 1 rings (SSSR count). The average molecular weight is 334 g/mol. The first kappa shape index (κ1) is 19.4. The van der Waals surface area contributed by atoms with Gasteiger partial charge in [-0.2, -0.15) is 0 Å². The Morgan fingerprint density at radius 2 is 1.92 bits per heavy atom. The molecule has 7 nitrogen and oxygen atoms in total. The van der Waals surface area contributed by atoms with E-state index in [0.29, 0.717) is 5.56 Å². The number of rotatable bonds is 9. The van der Waals surface area contributed by atoms with Gasteiger partial charge in [0.1, 0.15) is 6.04 Å². The summed E-state index contributed by atoms with van der Waals surface area (Å²) in [5.41, 5.74) is 5.95. The summed E-state index contributed by atoms with van der Waals surface area (Å²) in [7, 11) is 1.40. The van der Waals surface area contributed by atoms with Crippen molar-refractivity contribution in [2.45, 2.75) is 25.5 Å².